The molecule has 0 spiro atoms. The maximum Gasteiger partial charge on any atom is 0.178 e. The summed E-state index contributed by atoms with van der Waals surface area (Å²) in [6.07, 6.45) is 3.39. The van der Waals surface area contributed by atoms with Crippen molar-refractivity contribution in [3.05, 3.63) is 23.0 Å². The Balaban J connectivity index is 2.07. The molecule has 0 aliphatic carbocycles. The Hall–Kier alpha value is -1.18. The molecule has 0 radical (unpaired) electrons. The summed E-state index contributed by atoms with van der Waals surface area (Å²) in [5.41, 5.74) is 1.44. The first-order valence-corrected chi connectivity index (χ1v) is 9.26. The number of sulfone groups is 1. The molecular formula is C14H18N2O3S2. The highest BCUT2D eigenvalue weighted by atomic mass is 32.2. The van der Waals surface area contributed by atoms with Crippen LogP contribution >= 0.6 is 12.2 Å². The Morgan fingerprint density at radius 1 is 1.48 bits per heavy atom. The van der Waals surface area contributed by atoms with Crippen molar-refractivity contribution in [2.24, 2.45) is 5.92 Å². The molecule has 1 N–H and O–H groups in total. The van der Waals surface area contributed by atoms with Crippen molar-refractivity contribution in [3.63, 3.8) is 0 Å². The van der Waals surface area contributed by atoms with Gasteiger partial charge in [0.15, 0.2) is 14.6 Å². The van der Waals surface area contributed by atoms with Gasteiger partial charge in [-0.25, -0.2) is 8.42 Å². The number of aromatic amines is 1. The predicted molar refractivity (Wildman–Crippen MR) is 83.8 cm³/mol. The summed E-state index contributed by atoms with van der Waals surface area (Å²) in [5.74, 6) is 0.423. The summed E-state index contributed by atoms with van der Waals surface area (Å²) in [4.78, 5) is 3.35. The number of rotatable bonds is 3. The van der Waals surface area contributed by atoms with Gasteiger partial charge in [0.25, 0.3) is 0 Å². The van der Waals surface area contributed by atoms with Crippen molar-refractivity contribution >= 4 is 33.1 Å². The van der Waals surface area contributed by atoms with Crippen molar-refractivity contribution in [1.82, 2.24) is 9.55 Å². The fourth-order valence-corrected chi connectivity index (χ4v) is 3.98. The van der Waals surface area contributed by atoms with Gasteiger partial charge in [-0.2, -0.15) is 0 Å². The summed E-state index contributed by atoms with van der Waals surface area (Å²) in [6, 6.07) is 5.27. The van der Waals surface area contributed by atoms with E-state index in [4.69, 9.17) is 17.0 Å². The van der Waals surface area contributed by atoms with Crippen LogP contribution in [0.25, 0.3) is 11.0 Å². The van der Waals surface area contributed by atoms with Crippen molar-refractivity contribution in [3.8, 4) is 0 Å². The van der Waals surface area contributed by atoms with Gasteiger partial charge >= 0.3 is 0 Å². The van der Waals surface area contributed by atoms with Gasteiger partial charge in [0.1, 0.15) is 0 Å². The van der Waals surface area contributed by atoms with Crippen molar-refractivity contribution in [2.75, 3.05) is 19.5 Å². The molecule has 114 valence electrons. The molecule has 2 heterocycles. The van der Waals surface area contributed by atoms with Crippen LogP contribution < -0.4 is 0 Å². The molecule has 1 saturated heterocycles. The zero-order chi connectivity index (χ0) is 15.0. The van der Waals surface area contributed by atoms with Crippen LogP contribution in [-0.4, -0.2) is 37.4 Å². The molecule has 0 amide bonds. The van der Waals surface area contributed by atoms with Crippen LogP contribution in [0.15, 0.2) is 23.1 Å². The summed E-state index contributed by atoms with van der Waals surface area (Å²) < 4.78 is 31.8. The third kappa shape index (κ3) is 2.90. The van der Waals surface area contributed by atoms with E-state index < -0.39 is 9.84 Å². The molecule has 1 aromatic carbocycles. The molecule has 21 heavy (non-hydrogen) atoms. The highest BCUT2D eigenvalue weighted by Crippen LogP contribution is 2.25. The average molecular weight is 326 g/mol. The van der Waals surface area contributed by atoms with Crippen LogP contribution in [-0.2, 0) is 21.1 Å². The monoisotopic (exact) mass is 326 g/mol. The van der Waals surface area contributed by atoms with E-state index in [1.54, 1.807) is 12.1 Å². The number of hydrogen-bond donors (Lipinski definition) is 1. The molecule has 5 nitrogen and oxygen atoms in total. The Morgan fingerprint density at radius 2 is 2.29 bits per heavy atom. The van der Waals surface area contributed by atoms with Crippen LogP contribution in [0.2, 0.25) is 0 Å². The molecular weight excluding hydrogens is 308 g/mol. The van der Waals surface area contributed by atoms with Gasteiger partial charge in [0.05, 0.1) is 22.5 Å². The van der Waals surface area contributed by atoms with E-state index in [2.05, 4.69) is 4.98 Å². The maximum absolute atomic E-state index is 11.9. The van der Waals surface area contributed by atoms with E-state index in [9.17, 15) is 8.42 Å². The van der Waals surface area contributed by atoms with E-state index in [-0.39, 0.29) is 0 Å². The molecule has 1 aliphatic rings. The van der Waals surface area contributed by atoms with Gasteiger partial charge in [-0.15, -0.1) is 0 Å². The number of nitrogens with one attached hydrogen (secondary N) is 1. The quantitative estimate of drug-likeness (QED) is 0.880. The Kier molecular flexibility index (Phi) is 3.90. The average Bonchev–Trinajstić information content (AvgIpc) is 2.75. The molecule has 0 bridgehead atoms. The number of para-hydroxylation sites is 1. The van der Waals surface area contributed by atoms with E-state index in [0.717, 1.165) is 38.1 Å². The lowest BCUT2D eigenvalue weighted by Gasteiger charge is -2.22. The number of benzene rings is 1. The lowest BCUT2D eigenvalue weighted by molar-refractivity contribution is 0.0486. The van der Waals surface area contributed by atoms with Gasteiger partial charge in [0, 0.05) is 25.3 Å². The number of ether oxygens (including phenoxy) is 1. The highest BCUT2D eigenvalue weighted by Gasteiger charge is 2.19. The molecule has 7 heteroatoms. The second-order valence-electron chi connectivity index (χ2n) is 5.55. The van der Waals surface area contributed by atoms with Crippen molar-refractivity contribution < 1.29 is 13.2 Å². The first-order chi connectivity index (χ1) is 9.97. The normalized spacial score (nSPS) is 20.0. The van der Waals surface area contributed by atoms with Crippen LogP contribution in [0.5, 0.6) is 0 Å². The lowest BCUT2D eigenvalue weighted by Crippen LogP contribution is -2.22. The Morgan fingerprint density at radius 3 is 2.95 bits per heavy atom. The fraction of sp³-hybridized carbons (Fsp3) is 0.500. The maximum atomic E-state index is 11.9. The minimum atomic E-state index is -3.28. The van der Waals surface area contributed by atoms with Gasteiger partial charge in [-0.3, -0.25) is 0 Å². The third-order valence-electron chi connectivity index (χ3n) is 3.87. The van der Waals surface area contributed by atoms with Crippen LogP contribution in [0.1, 0.15) is 12.8 Å². The molecule has 1 fully saturated rings. The molecule has 1 aliphatic heterocycles. The highest BCUT2D eigenvalue weighted by molar-refractivity contribution is 7.91. The largest absolute Gasteiger partial charge is 0.381 e. The van der Waals surface area contributed by atoms with Crippen LogP contribution in [0.3, 0.4) is 0 Å². The fourth-order valence-electron chi connectivity index (χ4n) is 2.85. The second kappa shape index (κ2) is 5.55. The number of hydrogen-bond acceptors (Lipinski definition) is 4. The number of aromatic nitrogens is 2. The number of H-pyrrole nitrogens is 1. The molecule has 3 rings (SSSR count). The topological polar surface area (TPSA) is 64.1 Å². The minimum absolute atomic E-state index is 0.296. The van der Waals surface area contributed by atoms with Crippen LogP contribution in [0, 0.1) is 10.7 Å². The van der Waals surface area contributed by atoms with Gasteiger partial charge in [-0.05, 0) is 37.2 Å². The zero-order valence-corrected chi connectivity index (χ0v) is 13.5. The number of fused-ring (bicyclic) bond motifs is 1. The third-order valence-corrected chi connectivity index (χ3v) is 5.33. The molecule has 2 aromatic rings. The van der Waals surface area contributed by atoms with E-state index in [0.29, 0.717) is 21.1 Å². The van der Waals surface area contributed by atoms with Gasteiger partial charge in [-0.1, -0.05) is 6.07 Å². The Labute approximate surface area is 128 Å². The molecule has 1 unspecified atom stereocenters. The molecule has 1 aromatic heterocycles. The summed E-state index contributed by atoms with van der Waals surface area (Å²) >= 11 is 5.38. The molecule has 0 saturated carbocycles. The SMILES string of the molecule is CS(=O)(=O)c1cccc2c1[nH]c(=S)n2CC1CCCOC1. The second-order valence-corrected chi connectivity index (χ2v) is 7.92. The van der Waals surface area contributed by atoms with Gasteiger partial charge in [0.2, 0.25) is 0 Å². The summed E-state index contributed by atoms with van der Waals surface area (Å²) in [6.45, 7) is 2.32. The Bertz CT molecular complexity index is 814. The molecule has 1 atom stereocenters. The summed E-state index contributed by atoms with van der Waals surface area (Å²) in [7, 11) is -3.28. The van der Waals surface area contributed by atoms with Crippen molar-refractivity contribution in [2.45, 2.75) is 24.3 Å². The van der Waals surface area contributed by atoms with Crippen LogP contribution in [0.4, 0.5) is 0 Å². The van der Waals surface area contributed by atoms with E-state index >= 15 is 0 Å². The number of nitrogens with zero attached hydrogens (tertiary/aromatic N) is 1. The lowest BCUT2D eigenvalue weighted by atomic mass is 10.0. The smallest absolute Gasteiger partial charge is 0.178 e. The van der Waals surface area contributed by atoms with E-state index in [1.165, 1.54) is 6.26 Å². The first kappa shape index (κ1) is 14.7. The minimum Gasteiger partial charge on any atom is -0.381 e. The first-order valence-electron chi connectivity index (χ1n) is 6.96. The standard InChI is InChI=1S/C14H18N2O3S2/c1-21(17,18)12-6-2-5-11-13(12)15-14(20)16(11)8-10-4-3-7-19-9-10/h2,5-6,10H,3-4,7-9H2,1H3,(H,15,20). The summed E-state index contributed by atoms with van der Waals surface area (Å²) in [5, 5.41) is 0. The van der Waals surface area contributed by atoms with E-state index in [1.807, 2.05) is 10.6 Å². The van der Waals surface area contributed by atoms with Gasteiger partial charge < -0.3 is 14.3 Å². The number of imidazole rings is 1. The van der Waals surface area contributed by atoms with Crippen molar-refractivity contribution in [1.29, 1.82) is 0 Å². The predicted octanol–water partition coefficient (Wildman–Crippen LogP) is 2.53. The zero-order valence-electron chi connectivity index (χ0n) is 11.8.